The monoisotopic (exact) mass is 500 g/mol. The van der Waals surface area contributed by atoms with Crippen molar-refractivity contribution in [1.82, 2.24) is 24.8 Å². The molecular formula is C25H33ClN6O3. The van der Waals surface area contributed by atoms with Crippen molar-refractivity contribution in [3.8, 4) is 17.3 Å². The molecule has 2 N–H and O–H groups in total. The van der Waals surface area contributed by atoms with Gasteiger partial charge in [0.25, 0.3) is 6.01 Å². The number of aliphatic hydroxyl groups is 1. The number of fused-ring (bicyclic) bond motifs is 1. The van der Waals surface area contributed by atoms with Gasteiger partial charge in [-0.3, -0.25) is 9.80 Å². The van der Waals surface area contributed by atoms with Crippen LogP contribution in [-0.2, 0) is 4.74 Å². The summed E-state index contributed by atoms with van der Waals surface area (Å²) in [5.41, 5.74) is 4.15. The van der Waals surface area contributed by atoms with Crippen LogP contribution in [0.4, 0.5) is 5.69 Å². The van der Waals surface area contributed by atoms with Crippen LogP contribution in [0.1, 0.15) is 19.3 Å². The predicted molar refractivity (Wildman–Crippen MR) is 137 cm³/mol. The van der Waals surface area contributed by atoms with Gasteiger partial charge in [0.15, 0.2) is 12.0 Å². The molecule has 0 radical (unpaired) electrons. The van der Waals surface area contributed by atoms with Gasteiger partial charge in [-0.15, -0.1) is 0 Å². The molecule has 0 saturated carbocycles. The van der Waals surface area contributed by atoms with Crippen LogP contribution in [0.2, 0.25) is 5.02 Å². The van der Waals surface area contributed by atoms with Crippen molar-refractivity contribution in [2.45, 2.75) is 31.7 Å². The number of rotatable bonds is 6. The van der Waals surface area contributed by atoms with Gasteiger partial charge in [-0.05, 0) is 51.6 Å². The Balaban J connectivity index is 1.29. The number of morpholine rings is 1. The van der Waals surface area contributed by atoms with Gasteiger partial charge in [-0.25, -0.2) is 4.98 Å². The van der Waals surface area contributed by atoms with E-state index in [2.05, 4.69) is 31.9 Å². The summed E-state index contributed by atoms with van der Waals surface area (Å²) < 4.78 is 11.6. The average Bonchev–Trinajstić information content (AvgIpc) is 3.10. The Bertz CT molecular complexity index is 1130. The summed E-state index contributed by atoms with van der Waals surface area (Å²) in [5, 5.41) is 10.9. The fraction of sp³-hybridized carbons (Fsp3) is 0.520. The number of pyridine rings is 1. The zero-order valence-corrected chi connectivity index (χ0v) is 21.0. The molecule has 2 unspecified atom stereocenters. The Hall–Kier alpha value is -2.43. The standard InChI is InChI=1S/C25H33ClN6O3/c1-30(2)25(33)32-10-3-4-19(9-11-32)35-24-27-21-16-20(26)22(28-23(21)29-24)17-5-7-18(8-6-17)31-12-14-34-15-13-31/h5-8,16,19,25,33H,3-4,9-15H2,1-2H3,(H,27,28,29). The van der Waals surface area contributed by atoms with Gasteiger partial charge in [0.05, 0.1) is 29.4 Å². The van der Waals surface area contributed by atoms with Gasteiger partial charge in [0.1, 0.15) is 6.10 Å². The molecule has 1 aromatic carbocycles. The van der Waals surface area contributed by atoms with Gasteiger partial charge in [-0.1, -0.05) is 23.7 Å². The number of nitrogens with zero attached hydrogens (tertiary/aromatic N) is 5. The third-order valence-corrected chi connectivity index (χ3v) is 6.99. The molecule has 35 heavy (non-hydrogen) atoms. The van der Waals surface area contributed by atoms with Crippen molar-refractivity contribution in [2.75, 3.05) is 58.4 Å². The number of hydrogen-bond donors (Lipinski definition) is 2. The molecule has 9 nitrogen and oxygen atoms in total. The summed E-state index contributed by atoms with van der Waals surface area (Å²) in [6.07, 6.45) is 2.12. The summed E-state index contributed by atoms with van der Waals surface area (Å²) >= 11 is 6.61. The minimum atomic E-state index is -0.576. The second kappa shape index (κ2) is 10.7. The summed E-state index contributed by atoms with van der Waals surface area (Å²) in [6.45, 7) is 4.91. The van der Waals surface area contributed by atoms with Crippen LogP contribution in [0.5, 0.6) is 6.01 Å². The number of aromatic amines is 1. The first-order valence-electron chi connectivity index (χ1n) is 12.2. The Labute approximate surface area is 210 Å². The Morgan fingerprint density at radius 1 is 1.11 bits per heavy atom. The number of benzene rings is 1. The lowest BCUT2D eigenvalue weighted by atomic mass is 10.1. The Morgan fingerprint density at radius 2 is 1.89 bits per heavy atom. The third-order valence-electron chi connectivity index (χ3n) is 6.70. The molecule has 0 bridgehead atoms. The van der Waals surface area contributed by atoms with Crippen molar-refractivity contribution in [2.24, 2.45) is 0 Å². The minimum Gasteiger partial charge on any atom is -0.461 e. The highest BCUT2D eigenvalue weighted by Gasteiger charge is 2.24. The van der Waals surface area contributed by atoms with Crippen molar-refractivity contribution < 1.29 is 14.6 Å². The van der Waals surface area contributed by atoms with Crippen molar-refractivity contribution in [3.05, 3.63) is 35.4 Å². The molecule has 3 aromatic rings. The van der Waals surface area contributed by atoms with E-state index in [0.717, 1.165) is 69.7 Å². The second-order valence-corrected chi connectivity index (χ2v) is 9.80. The van der Waals surface area contributed by atoms with E-state index in [4.69, 9.17) is 26.1 Å². The lowest BCUT2D eigenvalue weighted by Crippen LogP contribution is -2.45. The van der Waals surface area contributed by atoms with Crippen LogP contribution >= 0.6 is 11.6 Å². The fourth-order valence-electron chi connectivity index (χ4n) is 4.73. The van der Waals surface area contributed by atoms with Gasteiger partial charge >= 0.3 is 0 Å². The lowest BCUT2D eigenvalue weighted by molar-refractivity contribution is -0.0894. The first-order chi connectivity index (χ1) is 17.0. The molecule has 2 aliphatic rings. The van der Waals surface area contributed by atoms with Gasteiger partial charge in [-0.2, -0.15) is 4.98 Å². The van der Waals surface area contributed by atoms with Crippen molar-refractivity contribution in [3.63, 3.8) is 0 Å². The minimum absolute atomic E-state index is 0.0256. The fourth-order valence-corrected chi connectivity index (χ4v) is 4.99. The number of imidazole rings is 1. The molecule has 188 valence electrons. The van der Waals surface area contributed by atoms with E-state index < -0.39 is 6.35 Å². The Kier molecular flexibility index (Phi) is 7.40. The molecule has 2 aromatic heterocycles. The highest BCUT2D eigenvalue weighted by atomic mass is 35.5. The second-order valence-electron chi connectivity index (χ2n) is 9.39. The van der Waals surface area contributed by atoms with Crippen LogP contribution < -0.4 is 9.64 Å². The number of anilines is 1. The van der Waals surface area contributed by atoms with E-state index in [0.29, 0.717) is 22.4 Å². The molecule has 2 saturated heterocycles. The molecular weight excluding hydrogens is 468 g/mol. The first kappa shape index (κ1) is 24.3. The maximum absolute atomic E-state index is 10.3. The number of aromatic nitrogens is 3. The van der Waals surface area contributed by atoms with Crippen LogP contribution in [0.15, 0.2) is 30.3 Å². The van der Waals surface area contributed by atoms with E-state index in [9.17, 15) is 5.11 Å². The molecule has 0 spiro atoms. The van der Waals surface area contributed by atoms with E-state index in [1.165, 1.54) is 5.69 Å². The maximum Gasteiger partial charge on any atom is 0.296 e. The average molecular weight is 501 g/mol. The number of halogens is 1. The van der Waals surface area contributed by atoms with Crippen molar-refractivity contribution >= 4 is 28.5 Å². The van der Waals surface area contributed by atoms with Crippen LogP contribution in [0.25, 0.3) is 22.4 Å². The first-order valence-corrected chi connectivity index (χ1v) is 12.6. The smallest absolute Gasteiger partial charge is 0.296 e. The maximum atomic E-state index is 10.3. The molecule has 0 amide bonds. The van der Waals surface area contributed by atoms with E-state index in [1.807, 2.05) is 37.2 Å². The van der Waals surface area contributed by atoms with Crippen molar-refractivity contribution in [1.29, 1.82) is 0 Å². The normalized spacial score (nSPS) is 20.8. The number of ether oxygens (including phenoxy) is 2. The number of nitrogens with one attached hydrogen (secondary N) is 1. The largest absolute Gasteiger partial charge is 0.461 e. The SMILES string of the molecule is CN(C)C(O)N1CCCC(Oc2nc3nc(-c4ccc(N5CCOCC5)cc4)c(Cl)cc3[nH]2)CC1. The van der Waals surface area contributed by atoms with E-state index in [1.54, 1.807) is 0 Å². The molecule has 4 heterocycles. The summed E-state index contributed by atoms with van der Waals surface area (Å²) in [5.74, 6) is 0. The third kappa shape index (κ3) is 5.54. The van der Waals surface area contributed by atoms with Gasteiger partial charge < -0.3 is 24.5 Å². The van der Waals surface area contributed by atoms with Crippen LogP contribution in [-0.4, -0.2) is 95.8 Å². The molecule has 2 fully saturated rings. The number of hydrogen-bond acceptors (Lipinski definition) is 8. The molecule has 0 aliphatic carbocycles. The van der Waals surface area contributed by atoms with Gasteiger partial charge in [0, 0.05) is 37.4 Å². The van der Waals surface area contributed by atoms with Gasteiger partial charge in [0.2, 0.25) is 0 Å². The molecule has 2 atom stereocenters. The lowest BCUT2D eigenvalue weighted by Gasteiger charge is -2.30. The number of likely N-dealkylation sites (tertiary alicyclic amines) is 1. The highest BCUT2D eigenvalue weighted by Crippen LogP contribution is 2.31. The molecule has 5 rings (SSSR count). The molecule has 10 heteroatoms. The quantitative estimate of drug-likeness (QED) is 0.499. The van der Waals surface area contributed by atoms with Crippen LogP contribution in [0.3, 0.4) is 0 Å². The topological polar surface area (TPSA) is 90.0 Å². The van der Waals surface area contributed by atoms with E-state index >= 15 is 0 Å². The Morgan fingerprint density at radius 3 is 2.63 bits per heavy atom. The number of aliphatic hydroxyl groups excluding tert-OH is 1. The van der Waals surface area contributed by atoms with E-state index in [-0.39, 0.29) is 6.10 Å². The van der Waals surface area contributed by atoms with Crippen LogP contribution in [0, 0.1) is 0 Å². The molecule has 2 aliphatic heterocycles. The number of H-pyrrole nitrogens is 1. The predicted octanol–water partition coefficient (Wildman–Crippen LogP) is 3.19. The highest BCUT2D eigenvalue weighted by molar-refractivity contribution is 6.33. The zero-order valence-electron chi connectivity index (χ0n) is 20.3. The summed E-state index contributed by atoms with van der Waals surface area (Å²) in [4.78, 5) is 18.7. The zero-order chi connectivity index (χ0) is 24.4. The summed E-state index contributed by atoms with van der Waals surface area (Å²) in [7, 11) is 3.76. The summed E-state index contributed by atoms with van der Waals surface area (Å²) in [6, 6.07) is 10.6.